The van der Waals surface area contributed by atoms with Crippen molar-refractivity contribution in [2.45, 2.75) is 33.7 Å². The van der Waals surface area contributed by atoms with Crippen molar-refractivity contribution in [1.29, 1.82) is 0 Å². The second-order valence-electron chi connectivity index (χ2n) is 4.70. The Balaban J connectivity index is 2.90. The van der Waals surface area contributed by atoms with Gasteiger partial charge in [-0.25, -0.2) is 0 Å². The third kappa shape index (κ3) is 3.91. The Hall–Kier alpha value is -1.77. The first-order valence-electron chi connectivity index (χ1n) is 6.04. The first kappa shape index (κ1) is 14.3. The van der Waals surface area contributed by atoms with Crippen molar-refractivity contribution in [2.24, 2.45) is 0 Å². The lowest BCUT2D eigenvalue weighted by molar-refractivity contribution is -0.117. The number of benzene rings is 1. The summed E-state index contributed by atoms with van der Waals surface area (Å²) in [5, 5.41) is 2.93. The zero-order valence-corrected chi connectivity index (χ0v) is 11.7. The van der Waals surface area contributed by atoms with Gasteiger partial charge in [0.25, 0.3) is 0 Å². The molecule has 0 bridgehead atoms. The highest BCUT2D eigenvalue weighted by Crippen LogP contribution is 2.25. The molecule has 18 heavy (non-hydrogen) atoms. The fourth-order valence-electron chi connectivity index (χ4n) is 1.79. The Morgan fingerprint density at radius 2 is 2.06 bits per heavy atom. The van der Waals surface area contributed by atoms with Crippen molar-refractivity contribution in [2.75, 3.05) is 7.11 Å². The van der Waals surface area contributed by atoms with Crippen LogP contribution < -0.4 is 10.1 Å². The monoisotopic (exact) mass is 247 g/mol. The number of methoxy groups -OCH3 is 1. The van der Waals surface area contributed by atoms with E-state index in [-0.39, 0.29) is 11.9 Å². The van der Waals surface area contributed by atoms with Crippen molar-refractivity contribution < 1.29 is 9.53 Å². The number of carbonyl (C=O) groups excluding carboxylic acids is 1. The molecular formula is C15H21NO2. The summed E-state index contributed by atoms with van der Waals surface area (Å²) in [4.78, 5) is 11.7. The average molecular weight is 247 g/mol. The van der Waals surface area contributed by atoms with Crippen LogP contribution >= 0.6 is 0 Å². The Labute approximate surface area is 109 Å². The van der Waals surface area contributed by atoms with Crippen molar-refractivity contribution in [3.8, 4) is 5.75 Å². The molecule has 1 unspecified atom stereocenters. The van der Waals surface area contributed by atoms with Gasteiger partial charge >= 0.3 is 0 Å². The number of rotatable bonds is 4. The van der Waals surface area contributed by atoms with Crippen LogP contribution in [0.25, 0.3) is 0 Å². The zero-order valence-electron chi connectivity index (χ0n) is 11.7. The molecule has 0 radical (unpaired) electrons. The molecular weight excluding hydrogens is 226 g/mol. The van der Waals surface area contributed by atoms with Crippen LogP contribution in [-0.2, 0) is 4.79 Å². The zero-order chi connectivity index (χ0) is 13.7. The Bertz CT molecular complexity index is 460. The summed E-state index contributed by atoms with van der Waals surface area (Å²) in [6.07, 6.45) is 1.60. The van der Waals surface area contributed by atoms with Gasteiger partial charge < -0.3 is 10.1 Å². The fourth-order valence-corrected chi connectivity index (χ4v) is 1.79. The highest BCUT2D eigenvalue weighted by Gasteiger charge is 2.13. The molecule has 98 valence electrons. The second-order valence-corrected chi connectivity index (χ2v) is 4.70. The topological polar surface area (TPSA) is 38.3 Å². The van der Waals surface area contributed by atoms with Crippen LogP contribution in [0.1, 0.15) is 37.9 Å². The molecule has 0 saturated carbocycles. The highest BCUT2D eigenvalue weighted by atomic mass is 16.5. The minimum atomic E-state index is -0.0806. The van der Waals surface area contributed by atoms with E-state index in [4.69, 9.17) is 4.74 Å². The van der Waals surface area contributed by atoms with Gasteiger partial charge in [-0.15, -0.1) is 0 Å². The van der Waals surface area contributed by atoms with E-state index in [1.165, 1.54) is 0 Å². The molecule has 0 saturated heterocycles. The molecule has 1 aromatic carbocycles. The predicted octanol–water partition coefficient (Wildman–Crippen LogP) is 3.15. The van der Waals surface area contributed by atoms with Gasteiger partial charge in [-0.3, -0.25) is 4.79 Å². The van der Waals surface area contributed by atoms with Gasteiger partial charge in [0, 0.05) is 11.6 Å². The molecule has 1 atom stereocenters. The Morgan fingerprint density at radius 3 is 2.61 bits per heavy atom. The quantitative estimate of drug-likeness (QED) is 0.830. The summed E-state index contributed by atoms with van der Waals surface area (Å²) in [7, 11) is 1.64. The molecule has 3 heteroatoms. The summed E-state index contributed by atoms with van der Waals surface area (Å²) in [5.74, 6) is 0.719. The standard InChI is InChI=1S/C15H21NO2/c1-10(2)8-15(17)16-12(4)13-9-11(3)6-7-14(13)18-5/h6-9,12H,1-5H3,(H,16,17). The summed E-state index contributed by atoms with van der Waals surface area (Å²) >= 11 is 0. The number of aryl methyl sites for hydroxylation is 1. The number of ether oxygens (including phenoxy) is 1. The van der Waals surface area contributed by atoms with Crippen molar-refractivity contribution in [3.05, 3.63) is 41.0 Å². The summed E-state index contributed by atoms with van der Waals surface area (Å²) in [5.41, 5.74) is 3.12. The summed E-state index contributed by atoms with van der Waals surface area (Å²) < 4.78 is 5.32. The minimum Gasteiger partial charge on any atom is -0.496 e. The molecule has 1 N–H and O–H groups in total. The van der Waals surface area contributed by atoms with Crippen molar-refractivity contribution in [1.82, 2.24) is 5.32 Å². The van der Waals surface area contributed by atoms with Crippen molar-refractivity contribution in [3.63, 3.8) is 0 Å². The lowest BCUT2D eigenvalue weighted by Gasteiger charge is -2.17. The van der Waals surface area contributed by atoms with E-state index in [1.807, 2.05) is 45.9 Å². The van der Waals surface area contributed by atoms with E-state index in [1.54, 1.807) is 13.2 Å². The van der Waals surface area contributed by atoms with Crippen LogP contribution in [0.5, 0.6) is 5.75 Å². The van der Waals surface area contributed by atoms with Crippen LogP contribution in [0.15, 0.2) is 29.8 Å². The lowest BCUT2D eigenvalue weighted by atomic mass is 10.0. The van der Waals surface area contributed by atoms with Crippen LogP contribution in [-0.4, -0.2) is 13.0 Å². The van der Waals surface area contributed by atoms with Gasteiger partial charge in [-0.05, 0) is 33.8 Å². The molecule has 0 fully saturated rings. The number of amides is 1. The lowest BCUT2D eigenvalue weighted by Crippen LogP contribution is -2.25. The normalized spacial score (nSPS) is 11.6. The Morgan fingerprint density at radius 1 is 1.39 bits per heavy atom. The summed E-state index contributed by atoms with van der Waals surface area (Å²) in [6.45, 7) is 7.77. The second kappa shape index (κ2) is 6.24. The maximum atomic E-state index is 11.7. The SMILES string of the molecule is COc1ccc(C)cc1C(C)NC(=O)C=C(C)C. The van der Waals surface area contributed by atoms with E-state index >= 15 is 0 Å². The first-order chi connectivity index (χ1) is 8.43. The van der Waals surface area contributed by atoms with Gasteiger partial charge in [0.05, 0.1) is 13.2 Å². The van der Waals surface area contributed by atoms with Gasteiger partial charge in [0.1, 0.15) is 5.75 Å². The smallest absolute Gasteiger partial charge is 0.244 e. The summed E-state index contributed by atoms with van der Waals surface area (Å²) in [6, 6.07) is 5.87. The predicted molar refractivity (Wildman–Crippen MR) is 73.7 cm³/mol. The maximum absolute atomic E-state index is 11.7. The van der Waals surface area contributed by atoms with E-state index < -0.39 is 0 Å². The third-order valence-electron chi connectivity index (χ3n) is 2.63. The van der Waals surface area contributed by atoms with Crippen LogP contribution in [0, 0.1) is 6.92 Å². The van der Waals surface area contributed by atoms with Crippen molar-refractivity contribution >= 4 is 5.91 Å². The molecule has 3 nitrogen and oxygen atoms in total. The highest BCUT2D eigenvalue weighted by molar-refractivity contribution is 5.88. The maximum Gasteiger partial charge on any atom is 0.244 e. The minimum absolute atomic E-state index is 0.0777. The number of carbonyl (C=O) groups is 1. The number of hydrogen-bond acceptors (Lipinski definition) is 2. The van der Waals surface area contributed by atoms with Gasteiger partial charge in [0.2, 0.25) is 5.91 Å². The number of nitrogens with one attached hydrogen (secondary N) is 1. The van der Waals surface area contributed by atoms with Gasteiger partial charge in [-0.2, -0.15) is 0 Å². The van der Waals surface area contributed by atoms with Gasteiger partial charge in [0.15, 0.2) is 0 Å². The van der Waals surface area contributed by atoms with Crippen LogP contribution in [0.4, 0.5) is 0 Å². The Kier molecular flexibility index (Phi) is 4.95. The third-order valence-corrected chi connectivity index (χ3v) is 2.63. The molecule has 0 aliphatic heterocycles. The van der Waals surface area contributed by atoms with Crippen LogP contribution in [0.3, 0.4) is 0 Å². The molecule has 1 amide bonds. The molecule has 0 aliphatic rings. The molecule has 0 aliphatic carbocycles. The fraction of sp³-hybridized carbons (Fsp3) is 0.400. The first-order valence-corrected chi connectivity index (χ1v) is 6.04. The average Bonchev–Trinajstić information content (AvgIpc) is 2.27. The number of hydrogen-bond donors (Lipinski definition) is 1. The molecule has 0 spiro atoms. The molecule has 1 rings (SSSR count). The molecule has 0 aromatic heterocycles. The van der Waals surface area contributed by atoms with E-state index in [2.05, 4.69) is 5.32 Å². The molecule has 0 heterocycles. The van der Waals surface area contributed by atoms with Gasteiger partial charge in [-0.1, -0.05) is 23.3 Å². The van der Waals surface area contributed by atoms with E-state index in [0.29, 0.717) is 0 Å². The van der Waals surface area contributed by atoms with E-state index in [9.17, 15) is 4.79 Å². The molecule has 1 aromatic rings. The largest absolute Gasteiger partial charge is 0.496 e. The number of allylic oxidation sites excluding steroid dienone is 1. The van der Waals surface area contributed by atoms with E-state index in [0.717, 1.165) is 22.4 Å². The van der Waals surface area contributed by atoms with Crippen LogP contribution in [0.2, 0.25) is 0 Å².